The lowest BCUT2D eigenvalue weighted by Crippen LogP contribution is -2.05. The van der Waals surface area contributed by atoms with Crippen molar-refractivity contribution in [1.82, 2.24) is 0 Å². The number of aromatic hydroxyl groups is 2. The summed E-state index contributed by atoms with van der Waals surface area (Å²) in [6.07, 6.45) is 1.32. The second-order valence-corrected chi connectivity index (χ2v) is 4.77. The highest BCUT2D eigenvalue weighted by atomic mass is 16.5. The van der Waals surface area contributed by atoms with Crippen LogP contribution in [-0.2, 0) is 0 Å². The Kier molecular flexibility index (Phi) is 3.47. The second kappa shape index (κ2) is 5.44. The van der Waals surface area contributed by atoms with Crippen LogP contribution in [0, 0.1) is 0 Å². The topological polar surface area (TPSA) is 79.9 Å². The van der Waals surface area contributed by atoms with Gasteiger partial charge in [0.25, 0.3) is 0 Å². The van der Waals surface area contributed by atoms with E-state index in [-0.39, 0.29) is 27.9 Å². The highest BCUT2D eigenvalue weighted by molar-refractivity contribution is 5.87. The first-order chi connectivity index (χ1) is 10.6. The number of benzene rings is 2. The molecule has 0 aliphatic rings. The van der Waals surface area contributed by atoms with E-state index in [1.807, 2.05) is 6.92 Å². The monoisotopic (exact) mass is 298 g/mol. The largest absolute Gasteiger partial charge is 0.508 e. The summed E-state index contributed by atoms with van der Waals surface area (Å²) in [5.74, 6) is 0.239. The van der Waals surface area contributed by atoms with Crippen LogP contribution in [-0.4, -0.2) is 16.8 Å². The Balaban J connectivity index is 2.15. The maximum atomic E-state index is 12.5. The third-order valence-corrected chi connectivity index (χ3v) is 3.32. The summed E-state index contributed by atoms with van der Waals surface area (Å²) in [5.41, 5.74) is 0.767. The molecule has 0 aliphatic carbocycles. The number of phenols is 2. The summed E-state index contributed by atoms with van der Waals surface area (Å²) in [6.45, 7) is 2.46. The number of fused-ring (bicyclic) bond motifs is 1. The predicted octanol–water partition coefficient (Wildman–Crippen LogP) is 3.27. The average molecular weight is 298 g/mol. The Morgan fingerprint density at radius 2 is 1.86 bits per heavy atom. The van der Waals surface area contributed by atoms with E-state index in [1.165, 1.54) is 12.3 Å². The molecule has 1 aromatic heterocycles. The van der Waals surface area contributed by atoms with Gasteiger partial charge in [-0.1, -0.05) is 12.1 Å². The molecule has 0 saturated carbocycles. The van der Waals surface area contributed by atoms with Crippen LogP contribution in [0.3, 0.4) is 0 Å². The van der Waals surface area contributed by atoms with Crippen molar-refractivity contribution in [1.29, 1.82) is 0 Å². The highest BCUT2D eigenvalue weighted by Crippen LogP contribution is 2.29. The van der Waals surface area contributed by atoms with E-state index in [4.69, 9.17) is 9.15 Å². The van der Waals surface area contributed by atoms with Gasteiger partial charge >= 0.3 is 0 Å². The third kappa shape index (κ3) is 2.37. The van der Waals surface area contributed by atoms with Crippen molar-refractivity contribution in [2.24, 2.45) is 0 Å². The van der Waals surface area contributed by atoms with E-state index in [9.17, 15) is 15.0 Å². The number of rotatable bonds is 3. The van der Waals surface area contributed by atoms with Gasteiger partial charge in [-0.05, 0) is 24.6 Å². The van der Waals surface area contributed by atoms with Crippen molar-refractivity contribution in [3.63, 3.8) is 0 Å². The van der Waals surface area contributed by atoms with Crippen LogP contribution in [0.5, 0.6) is 17.2 Å². The van der Waals surface area contributed by atoms with Crippen molar-refractivity contribution in [3.8, 4) is 28.4 Å². The fourth-order valence-corrected chi connectivity index (χ4v) is 2.31. The molecule has 3 rings (SSSR count). The predicted molar refractivity (Wildman–Crippen MR) is 82.4 cm³/mol. The summed E-state index contributed by atoms with van der Waals surface area (Å²) in [4.78, 5) is 12.5. The molecule has 22 heavy (non-hydrogen) atoms. The minimum Gasteiger partial charge on any atom is -0.508 e. The summed E-state index contributed by atoms with van der Waals surface area (Å²) < 4.78 is 10.7. The van der Waals surface area contributed by atoms with Crippen molar-refractivity contribution < 1.29 is 19.4 Å². The molecular formula is C17H14O5. The van der Waals surface area contributed by atoms with Gasteiger partial charge in [-0.25, -0.2) is 0 Å². The number of hydrogen-bond acceptors (Lipinski definition) is 5. The maximum absolute atomic E-state index is 12.5. The molecule has 0 fully saturated rings. The zero-order chi connectivity index (χ0) is 15.7. The summed E-state index contributed by atoms with van der Waals surface area (Å²) in [7, 11) is 0. The van der Waals surface area contributed by atoms with Gasteiger partial charge in [0, 0.05) is 12.1 Å². The molecule has 0 radical (unpaired) electrons. The Hall–Kier alpha value is -2.95. The van der Waals surface area contributed by atoms with Gasteiger partial charge in [0.05, 0.1) is 12.2 Å². The molecule has 2 aromatic carbocycles. The van der Waals surface area contributed by atoms with Gasteiger partial charge in [0.1, 0.15) is 34.5 Å². The second-order valence-electron chi connectivity index (χ2n) is 4.77. The van der Waals surface area contributed by atoms with E-state index in [1.54, 1.807) is 24.3 Å². The van der Waals surface area contributed by atoms with Crippen molar-refractivity contribution in [3.05, 3.63) is 52.9 Å². The van der Waals surface area contributed by atoms with E-state index in [0.717, 1.165) is 6.07 Å². The fourth-order valence-electron chi connectivity index (χ4n) is 2.31. The molecule has 3 aromatic rings. The van der Waals surface area contributed by atoms with Gasteiger partial charge in [-0.2, -0.15) is 0 Å². The van der Waals surface area contributed by atoms with Crippen LogP contribution in [0.25, 0.3) is 22.1 Å². The quantitative estimate of drug-likeness (QED) is 0.775. The summed E-state index contributed by atoms with van der Waals surface area (Å²) in [5, 5.41) is 19.4. The third-order valence-electron chi connectivity index (χ3n) is 3.32. The average Bonchev–Trinajstić information content (AvgIpc) is 2.48. The summed E-state index contributed by atoms with van der Waals surface area (Å²) >= 11 is 0. The van der Waals surface area contributed by atoms with Crippen LogP contribution in [0.15, 0.2) is 51.9 Å². The minimum atomic E-state index is -0.358. The van der Waals surface area contributed by atoms with Crippen molar-refractivity contribution >= 4 is 11.0 Å². The zero-order valence-corrected chi connectivity index (χ0v) is 11.9. The van der Waals surface area contributed by atoms with Crippen LogP contribution >= 0.6 is 0 Å². The normalized spacial score (nSPS) is 10.8. The molecule has 2 N–H and O–H groups in total. The standard InChI is InChI=1S/C17H14O5/c1-2-21-12-5-3-10(4-6-12)13-9-22-15-8-11(18)7-14(19)16(15)17(13)20/h3-9,18-19H,2H2,1H3. The summed E-state index contributed by atoms with van der Waals surface area (Å²) in [6, 6.07) is 9.43. The SMILES string of the molecule is CCOc1ccc(-c2coc3cc(O)cc(O)c3c2=O)cc1. The first-order valence-corrected chi connectivity index (χ1v) is 6.81. The Morgan fingerprint density at radius 3 is 2.55 bits per heavy atom. The molecule has 0 unspecified atom stereocenters. The number of phenolic OH excluding ortho intramolecular Hbond substituents is 2. The maximum Gasteiger partial charge on any atom is 0.204 e. The Bertz CT molecular complexity index is 878. The minimum absolute atomic E-state index is 0.0455. The fraction of sp³-hybridized carbons (Fsp3) is 0.118. The molecule has 0 spiro atoms. The molecule has 0 bridgehead atoms. The van der Waals surface area contributed by atoms with Crippen molar-refractivity contribution in [2.75, 3.05) is 6.61 Å². The van der Waals surface area contributed by atoms with Gasteiger partial charge in [0.2, 0.25) is 5.43 Å². The first kappa shape index (κ1) is 14.0. The molecular weight excluding hydrogens is 284 g/mol. The van der Waals surface area contributed by atoms with Crippen LogP contribution in [0.2, 0.25) is 0 Å². The molecule has 0 aliphatic heterocycles. The lowest BCUT2D eigenvalue weighted by molar-refractivity contribution is 0.340. The molecule has 112 valence electrons. The molecule has 5 nitrogen and oxygen atoms in total. The highest BCUT2D eigenvalue weighted by Gasteiger charge is 2.13. The molecule has 0 saturated heterocycles. The van der Waals surface area contributed by atoms with Gasteiger partial charge in [-0.3, -0.25) is 4.79 Å². The Morgan fingerprint density at radius 1 is 1.14 bits per heavy atom. The van der Waals surface area contributed by atoms with E-state index in [0.29, 0.717) is 23.5 Å². The van der Waals surface area contributed by atoms with Gasteiger partial charge in [-0.15, -0.1) is 0 Å². The van der Waals surface area contributed by atoms with Crippen LogP contribution < -0.4 is 10.2 Å². The first-order valence-electron chi connectivity index (χ1n) is 6.81. The van der Waals surface area contributed by atoms with Gasteiger partial charge < -0.3 is 19.4 Å². The number of ether oxygens (including phenoxy) is 1. The van der Waals surface area contributed by atoms with E-state index in [2.05, 4.69) is 0 Å². The Labute approximate surface area is 126 Å². The lowest BCUT2D eigenvalue weighted by Gasteiger charge is -2.06. The number of hydrogen-bond donors (Lipinski definition) is 2. The zero-order valence-electron chi connectivity index (χ0n) is 11.9. The van der Waals surface area contributed by atoms with Crippen LogP contribution in [0.4, 0.5) is 0 Å². The smallest absolute Gasteiger partial charge is 0.204 e. The molecule has 5 heteroatoms. The molecule has 0 amide bonds. The van der Waals surface area contributed by atoms with Crippen molar-refractivity contribution in [2.45, 2.75) is 6.92 Å². The van der Waals surface area contributed by atoms with Crippen LogP contribution in [0.1, 0.15) is 6.92 Å². The molecule has 1 heterocycles. The van der Waals surface area contributed by atoms with E-state index >= 15 is 0 Å². The lowest BCUT2D eigenvalue weighted by atomic mass is 10.0. The van der Waals surface area contributed by atoms with E-state index < -0.39 is 0 Å². The van der Waals surface area contributed by atoms with Gasteiger partial charge in [0.15, 0.2) is 0 Å². The molecule has 0 atom stereocenters.